The maximum Gasteiger partial charge on any atom is 0.287 e. The predicted molar refractivity (Wildman–Crippen MR) is 97.6 cm³/mol. The molecule has 0 aliphatic heterocycles. The average molecular weight is 371 g/mol. The van der Waals surface area contributed by atoms with Crippen molar-refractivity contribution in [3.8, 4) is 0 Å². The number of halogens is 1. The third kappa shape index (κ3) is 4.67. The van der Waals surface area contributed by atoms with Gasteiger partial charge in [0, 0.05) is 11.4 Å². The van der Waals surface area contributed by atoms with Crippen molar-refractivity contribution in [3.63, 3.8) is 0 Å². The SMILES string of the molecule is Cc1cccc(S(=O)Cc2ccc(C(=O)NCc3ccc(F)cc3)o2)c1. The van der Waals surface area contributed by atoms with Crippen molar-refractivity contribution in [2.45, 2.75) is 24.1 Å². The maximum atomic E-state index is 12.9. The molecule has 0 bridgehead atoms. The van der Waals surface area contributed by atoms with Crippen molar-refractivity contribution in [3.05, 3.63) is 89.1 Å². The number of carbonyl (C=O) groups excluding carboxylic acids is 1. The highest BCUT2D eigenvalue weighted by Gasteiger charge is 2.13. The Morgan fingerprint density at radius 2 is 1.88 bits per heavy atom. The molecule has 1 N–H and O–H groups in total. The van der Waals surface area contributed by atoms with Gasteiger partial charge in [0.1, 0.15) is 11.6 Å². The van der Waals surface area contributed by atoms with Crippen LogP contribution in [0.3, 0.4) is 0 Å². The first-order valence-corrected chi connectivity index (χ1v) is 9.39. The summed E-state index contributed by atoms with van der Waals surface area (Å²) in [5.74, 6) is 0.147. The van der Waals surface area contributed by atoms with Crippen molar-refractivity contribution in [2.24, 2.45) is 0 Å². The zero-order chi connectivity index (χ0) is 18.5. The normalized spacial score (nSPS) is 11.9. The Kier molecular flexibility index (Phi) is 5.63. The minimum absolute atomic E-state index is 0.156. The molecular weight excluding hydrogens is 353 g/mol. The van der Waals surface area contributed by atoms with Crippen molar-refractivity contribution in [1.82, 2.24) is 5.32 Å². The molecule has 0 aliphatic carbocycles. The standard InChI is InChI=1S/C20H18FNO3S/c1-14-3-2-4-18(11-14)26(24)13-17-9-10-19(25-17)20(23)22-12-15-5-7-16(21)8-6-15/h2-11H,12-13H2,1H3,(H,22,23). The molecule has 0 aliphatic rings. The second-order valence-corrected chi connectivity index (χ2v) is 7.33. The lowest BCUT2D eigenvalue weighted by atomic mass is 10.2. The van der Waals surface area contributed by atoms with E-state index in [0.717, 1.165) is 16.0 Å². The number of rotatable bonds is 6. The molecule has 4 nitrogen and oxygen atoms in total. The van der Waals surface area contributed by atoms with E-state index < -0.39 is 10.8 Å². The van der Waals surface area contributed by atoms with Crippen LogP contribution in [0.1, 0.15) is 27.4 Å². The molecule has 1 unspecified atom stereocenters. The number of aryl methyl sites for hydroxylation is 1. The van der Waals surface area contributed by atoms with Gasteiger partial charge in [0.25, 0.3) is 5.91 Å². The molecule has 0 saturated heterocycles. The van der Waals surface area contributed by atoms with Crippen LogP contribution in [0.4, 0.5) is 4.39 Å². The number of furan rings is 1. The van der Waals surface area contributed by atoms with Gasteiger partial charge in [-0.3, -0.25) is 9.00 Å². The van der Waals surface area contributed by atoms with Gasteiger partial charge in [-0.15, -0.1) is 0 Å². The molecule has 0 saturated carbocycles. The Morgan fingerprint density at radius 3 is 2.62 bits per heavy atom. The van der Waals surface area contributed by atoms with Gasteiger partial charge in [0.05, 0.1) is 16.6 Å². The second-order valence-electron chi connectivity index (χ2n) is 5.88. The molecule has 1 heterocycles. The Bertz CT molecular complexity index is 934. The molecular formula is C20H18FNO3S. The summed E-state index contributed by atoms with van der Waals surface area (Å²) < 4.78 is 30.8. The van der Waals surface area contributed by atoms with Crippen LogP contribution in [0.5, 0.6) is 0 Å². The Balaban J connectivity index is 1.59. The monoisotopic (exact) mass is 371 g/mol. The summed E-state index contributed by atoms with van der Waals surface area (Å²) in [5, 5.41) is 2.71. The highest BCUT2D eigenvalue weighted by molar-refractivity contribution is 7.84. The van der Waals surface area contributed by atoms with E-state index >= 15 is 0 Å². The third-order valence-corrected chi connectivity index (χ3v) is 5.10. The van der Waals surface area contributed by atoms with Gasteiger partial charge < -0.3 is 9.73 Å². The van der Waals surface area contributed by atoms with Crippen LogP contribution >= 0.6 is 0 Å². The van der Waals surface area contributed by atoms with E-state index in [2.05, 4.69) is 5.32 Å². The van der Waals surface area contributed by atoms with Crippen LogP contribution < -0.4 is 5.32 Å². The molecule has 2 aromatic carbocycles. The number of nitrogens with one attached hydrogen (secondary N) is 1. The molecule has 26 heavy (non-hydrogen) atoms. The minimum atomic E-state index is -1.24. The maximum absolute atomic E-state index is 12.9. The number of amides is 1. The van der Waals surface area contributed by atoms with Crippen LogP contribution in [0, 0.1) is 12.7 Å². The number of hydrogen-bond donors (Lipinski definition) is 1. The fraction of sp³-hybridized carbons (Fsp3) is 0.150. The minimum Gasteiger partial charge on any atom is -0.455 e. The summed E-state index contributed by atoms with van der Waals surface area (Å²) in [7, 11) is -1.24. The molecule has 1 atom stereocenters. The van der Waals surface area contributed by atoms with Gasteiger partial charge in [0.2, 0.25) is 0 Å². The van der Waals surface area contributed by atoms with Crippen molar-refractivity contribution < 1.29 is 17.8 Å². The van der Waals surface area contributed by atoms with Crippen molar-refractivity contribution >= 4 is 16.7 Å². The van der Waals surface area contributed by atoms with E-state index in [9.17, 15) is 13.4 Å². The first-order valence-electron chi connectivity index (χ1n) is 8.07. The van der Waals surface area contributed by atoms with E-state index in [4.69, 9.17) is 4.42 Å². The average Bonchev–Trinajstić information content (AvgIpc) is 3.09. The lowest BCUT2D eigenvalue weighted by Gasteiger charge is -2.04. The smallest absolute Gasteiger partial charge is 0.287 e. The first kappa shape index (κ1) is 18.1. The zero-order valence-corrected chi connectivity index (χ0v) is 15.0. The van der Waals surface area contributed by atoms with Crippen molar-refractivity contribution in [1.29, 1.82) is 0 Å². The summed E-state index contributed by atoms with van der Waals surface area (Å²) in [5.41, 5.74) is 1.82. The highest BCUT2D eigenvalue weighted by atomic mass is 32.2. The molecule has 6 heteroatoms. The van der Waals surface area contributed by atoms with Gasteiger partial charge in [-0.25, -0.2) is 4.39 Å². The van der Waals surface area contributed by atoms with Gasteiger partial charge in [0.15, 0.2) is 5.76 Å². The molecule has 0 radical (unpaired) electrons. The molecule has 134 valence electrons. The van der Waals surface area contributed by atoms with E-state index in [-0.39, 0.29) is 29.8 Å². The van der Waals surface area contributed by atoms with Crippen LogP contribution in [0.15, 0.2) is 70.0 Å². The highest BCUT2D eigenvalue weighted by Crippen LogP contribution is 2.16. The Morgan fingerprint density at radius 1 is 1.12 bits per heavy atom. The van der Waals surface area contributed by atoms with E-state index in [0.29, 0.717) is 5.76 Å². The molecule has 3 aromatic rings. The first-order chi connectivity index (χ1) is 12.5. The fourth-order valence-corrected chi connectivity index (χ4v) is 3.55. The van der Waals surface area contributed by atoms with Gasteiger partial charge in [-0.2, -0.15) is 0 Å². The second kappa shape index (κ2) is 8.10. The number of hydrogen-bond acceptors (Lipinski definition) is 3. The van der Waals surface area contributed by atoms with Crippen LogP contribution in [-0.2, 0) is 23.1 Å². The van der Waals surface area contributed by atoms with Crippen molar-refractivity contribution in [2.75, 3.05) is 0 Å². The summed E-state index contributed by atoms with van der Waals surface area (Å²) in [4.78, 5) is 12.9. The van der Waals surface area contributed by atoms with Crippen LogP contribution in [0.2, 0.25) is 0 Å². The van der Waals surface area contributed by atoms with Gasteiger partial charge in [-0.05, 0) is 54.4 Å². The fourth-order valence-electron chi connectivity index (χ4n) is 2.42. The van der Waals surface area contributed by atoms with E-state index in [1.807, 2.05) is 31.2 Å². The summed E-state index contributed by atoms with van der Waals surface area (Å²) in [6.45, 7) is 2.21. The lowest BCUT2D eigenvalue weighted by Crippen LogP contribution is -2.22. The number of benzene rings is 2. The van der Waals surface area contributed by atoms with E-state index in [1.165, 1.54) is 12.1 Å². The zero-order valence-electron chi connectivity index (χ0n) is 14.2. The third-order valence-electron chi connectivity index (χ3n) is 3.78. The lowest BCUT2D eigenvalue weighted by molar-refractivity contribution is 0.0921. The van der Waals surface area contributed by atoms with Crippen LogP contribution in [-0.4, -0.2) is 10.1 Å². The van der Waals surface area contributed by atoms with E-state index in [1.54, 1.807) is 24.3 Å². The number of carbonyl (C=O) groups is 1. The quantitative estimate of drug-likeness (QED) is 0.713. The largest absolute Gasteiger partial charge is 0.455 e. The molecule has 1 amide bonds. The summed E-state index contributed by atoms with van der Waals surface area (Å²) in [6.07, 6.45) is 0. The molecule has 0 spiro atoms. The Labute approximate surface area is 153 Å². The Hall–Kier alpha value is -2.73. The predicted octanol–water partition coefficient (Wildman–Crippen LogP) is 3.96. The van der Waals surface area contributed by atoms with Gasteiger partial charge in [-0.1, -0.05) is 24.3 Å². The van der Waals surface area contributed by atoms with Gasteiger partial charge >= 0.3 is 0 Å². The topological polar surface area (TPSA) is 59.3 Å². The summed E-state index contributed by atoms with van der Waals surface area (Å²) in [6, 6.07) is 16.6. The molecule has 3 rings (SSSR count). The van der Waals surface area contributed by atoms with Crippen LogP contribution in [0.25, 0.3) is 0 Å². The molecule has 0 fully saturated rings. The summed E-state index contributed by atoms with van der Waals surface area (Å²) >= 11 is 0. The molecule has 1 aromatic heterocycles.